The van der Waals surface area contributed by atoms with Gasteiger partial charge in [0.25, 0.3) is 0 Å². The summed E-state index contributed by atoms with van der Waals surface area (Å²) in [7, 11) is 0. The van der Waals surface area contributed by atoms with Crippen LogP contribution in [0.25, 0.3) is 11.0 Å². The van der Waals surface area contributed by atoms with E-state index in [1.54, 1.807) is 6.26 Å². The molecular weight excluding hydrogens is 328 g/mol. The molecule has 134 valence electrons. The van der Waals surface area contributed by atoms with Gasteiger partial charge in [-0.15, -0.1) is 0 Å². The summed E-state index contributed by atoms with van der Waals surface area (Å²) in [4.78, 5) is 23.3. The lowest BCUT2D eigenvalue weighted by molar-refractivity contribution is -0.120. The SMILES string of the molecule is CCc1ccc2c(CC(=O)NCc3ccc(NC(C)=O)cc3)coc2c1. The van der Waals surface area contributed by atoms with Gasteiger partial charge in [-0.1, -0.05) is 31.2 Å². The fourth-order valence-electron chi connectivity index (χ4n) is 2.83. The van der Waals surface area contributed by atoms with Gasteiger partial charge in [0.1, 0.15) is 5.58 Å². The molecule has 3 rings (SSSR count). The van der Waals surface area contributed by atoms with Gasteiger partial charge in [-0.25, -0.2) is 0 Å². The second kappa shape index (κ2) is 7.87. The van der Waals surface area contributed by atoms with Gasteiger partial charge in [0.15, 0.2) is 0 Å². The number of hydrogen-bond acceptors (Lipinski definition) is 3. The van der Waals surface area contributed by atoms with Crippen LogP contribution in [-0.2, 0) is 29.0 Å². The van der Waals surface area contributed by atoms with Gasteiger partial charge in [-0.2, -0.15) is 0 Å². The largest absolute Gasteiger partial charge is 0.464 e. The molecule has 1 heterocycles. The zero-order valence-corrected chi connectivity index (χ0v) is 15.0. The van der Waals surface area contributed by atoms with Crippen molar-refractivity contribution < 1.29 is 14.0 Å². The average molecular weight is 350 g/mol. The van der Waals surface area contributed by atoms with E-state index >= 15 is 0 Å². The van der Waals surface area contributed by atoms with Gasteiger partial charge in [0.05, 0.1) is 12.7 Å². The monoisotopic (exact) mass is 350 g/mol. The summed E-state index contributed by atoms with van der Waals surface area (Å²) in [6, 6.07) is 13.5. The second-order valence-corrected chi connectivity index (χ2v) is 6.28. The molecule has 0 atom stereocenters. The Hall–Kier alpha value is -3.08. The van der Waals surface area contributed by atoms with Crippen LogP contribution in [-0.4, -0.2) is 11.8 Å². The number of hydrogen-bond donors (Lipinski definition) is 2. The summed E-state index contributed by atoms with van der Waals surface area (Å²) < 4.78 is 5.59. The first-order valence-corrected chi connectivity index (χ1v) is 8.67. The van der Waals surface area contributed by atoms with Crippen LogP contribution < -0.4 is 10.6 Å². The maximum absolute atomic E-state index is 12.3. The molecule has 0 spiro atoms. The minimum absolute atomic E-state index is 0.0572. The molecule has 0 unspecified atom stereocenters. The third-order valence-corrected chi connectivity index (χ3v) is 4.24. The van der Waals surface area contributed by atoms with E-state index in [-0.39, 0.29) is 18.2 Å². The van der Waals surface area contributed by atoms with Crippen LogP contribution in [0.3, 0.4) is 0 Å². The molecule has 0 radical (unpaired) electrons. The maximum Gasteiger partial charge on any atom is 0.224 e. The molecular formula is C21H22N2O3. The first-order chi connectivity index (χ1) is 12.5. The summed E-state index contributed by atoms with van der Waals surface area (Å²) in [5.41, 5.74) is 4.63. The average Bonchev–Trinajstić information content (AvgIpc) is 3.02. The van der Waals surface area contributed by atoms with Gasteiger partial charge >= 0.3 is 0 Å². The molecule has 26 heavy (non-hydrogen) atoms. The van der Waals surface area contributed by atoms with Gasteiger partial charge in [0, 0.05) is 30.1 Å². The molecule has 0 fully saturated rings. The van der Waals surface area contributed by atoms with Crippen molar-refractivity contribution in [3.8, 4) is 0 Å². The van der Waals surface area contributed by atoms with Crippen LogP contribution in [0.15, 0.2) is 53.1 Å². The third kappa shape index (κ3) is 4.30. The Morgan fingerprint density at radius 2 is 1.77 bits per heavy atom. The third-order valence-electron chi connectivity index (χ3n) is 4.24. The number of furan rings is 1. The Bertz CT molecular complexity index is 926. The number of aryl methyl sites for hydroxylation is 1. The lowest BCUT2D eigenvalue weighted by Gasteiger charge is -2.07. The van der Waals surface area contributed by atoms with Crippen molar-refractivity contribution in [2.45, 2.75) is 33.2 Å². The van der Waals surface area contributed by atoms with Crippen molar-refractivity contribution >= 4 is 28.5 Å². The molecule has 0 aliphatic carbocycles. The van der Waals surface area contributed by atoms with Crippen molar-refractivity contribution in [1.82, 2.24) is 5.32 Å². The van der Waals surface area contributed by atoms with Gasteiger partial charge < -0.3 is 15.1 Å². The van der Waals surface area contributed by atoms with E-state index in [1.807, 2.05) is 36.4 Å². The molecule has 0 saturated carbocycles. The molecule has 5 heteroatoms. The molecule has 0 aliphatic heterocycles. The van der Waals surface area contributed by atoms with Crippen molar-refractivity contribution in [1.29, 1.82) is 0 Å². The summed E-state index contributed by atoms with van der Waals surface area (Å²) in [6.07, 6.45) is 2.89. The van der Waals surface area contributed by atoms with E-state index in [9.17, 15) is 9.59 Å². The summed E-state index contributed by atoms with van der Waals surface area (Å²) in [5, 5.41) is 6.62. The Morgan fingerprint density at radius 3 is 2.46 bits per heavy atom. The number of benzene rings is 2. The predicted octanol–water partition coefficient (Wildman–Crippen LogP) is 3.81. The number of nitrogens with one attached hydrogen (secondary N) is 2. The van der Waals surface area contributed by atoms with E-state index in [1.165, 1.54) is 12.5 Å². The Kier molecular flexibility index (Phi) is 5.37. The second-order valence-electron chi connectivity index (χ2n) is 6.28. The van der Waals surface area contributed by atoms with Crippen LogP contribution in [0.5, 0.6) is 0 Å². The lowest BCUT2D eigenvalue weighted by atomic mass is 10.1. The van der Waals surface area contributed by atoms with E-state index in [2.05, 4.69) is 23.6 Å². The number of amides is 2. The smallest absolute Gasteiger partial charge is 0.224 e. The highest BCUT2D eigenvalue weighted by Crippen LogP contribution is 2.23. The fraction of sp³-hybridized carbons (Fsp3) is 0.238. The minimum Gasteiger partial charge on any atom is -0.464 e. The first kappa shape index (κ1) is 17.7. The zero-order chi connectivity index (χ0) is 18.5. The molecule has 0 saturated heterocycles. The lowest BCUT2D eigenvalue weighted by Crippen LogP contribution is -2.24. The van der Waals surface area contributed by atoms with E-state index in [0.717, 1.165) is 34.2 Å². The van der Waals surface area contributed by atoms with E-state index in [4.69, 9.17) is 4.42 Å². The quantitative estimate of drug-likeness (QED) is 0.710. The number of rotatable bonds is 6. The fourth-order valence-corrected chi connectivity index (χ4v) is 2.83. The van der Waals surface area contributed by atoms with Gasteiger partial charge in [-0.05, 0) is 35.7 Å². The Balaban J connectivity index is 1.58. The van der Waals surface area contributed by atoms with Crippen LogP contribution in [0.2, 0.25) is 0 Å². The number of carbonyl (C=O) groups excluding carboxylic acids is 2. The Labute approximate surface area is 152 Å². The molecule has 0 aliphatic rings. The molecule has 1 aromatic heterocycles. The minimum atomic E-state index is -0.107. The van der Waals surface area contributed by atoms with Gasteiger partial charge in [-0.3, -0.25) is 9.59 Å². The molecule has 5 nitrogen and oxygen atoms in total. The number of anilines is 1. The van der Waals surface area contributed by atoms with E-state index in [0.29, 0.717) is 6.54 Å². The maximum atomic E-state index is 12.3. The first-order valence-electron chi connectivity index (χ1n) is 8.67. The summed E-state index contributed by atoms with van der Waals surface area (Å²) in [5.74, 6) is -0.164. The highest BCUT2D eigenvalue weighted by Gasteiger charge is 2.11. The predicted molar refractivity (Wildman–Crippen MR) is 102 cm³/mol. The topological polar surface area (TPSA) is 71.3 Å². The van der Waals surface area contributed by atoms with Crippen LogP contribution in [0.1, 0.15) is 30.5 Å². The van der Waals surface area contributed by atoms with Crippen molar-refractivity contribution in [3.63, 3.8) is 0 Å². The van der Waals surface area contributed by atoms with Gasteiger partial charge in [0.2, 0.25) is 11.8 Å². The van der Waals surface area contributed by atoms with Crippen LogP contribution >= 0.6 is 0 Å². The van der Waals surface area contributed by atoms with Crippen LogP contribution in [0, 0.1) is 0 Å². The van der Waals surface area contributed by atoms with Crippen molar-refractivity contribution in [3.05, 3.63) is 65.4 Å². The zero-order valence-electron chi connectivity index (χ0n) is 15.0. The number of carbonyl (C=O) groups is 2. The highest BCUT2D eigenvalue weighted by molar-refractivity contribution is 5.89. The highest BCUT2D eigenvalue weighted by atomic mass is 16.3. The Morgan fingerprint density at radius 1 is 1.04 bits per heavy atom. The summed E-state index contributed by atoms with van der Waals surface area (Å²) in [6.45, 7) is 4.01. The summed E-state index contributed by atoms with van der Waals surface area (Å²) >= 11 is 0. The van der Waals surface area contributed by atoms with Crippen molar-refractivity contribution in [2.24, 2.45) is 0 Å². The standard InChI is InChI=1S/C21H22N2O3/c1-3-15-6-9-19-17(13-26-20(19)10-15)11-21(25)22-12-16-4-7-18(8-5-16)23-14(2)24/h4-10,13H,3,11-12H2,1-2H3,(H,22,25)(H,23,24). The normalized spacial score (nSPS) is 10.7. The molecule has 0 bridgehead atoms. The molecule has 3 aromatic rings. The molecule has 2 amide bonds. The molecule has 2 aromatic carbocycles. The van der Waals surface area contributed by atoms with Crippen LogP contribution in [0.4, 0.5) is 5.69 Å². The van der Waals surface area contributed by atoms with E-state index < -0.39 is 0 Å². The molecule has 2 N–H and O–H groups in total. The van der Waals surface area contributed by atoms with Crippen molar-refractivity contribution in [2.75, 3.05) is 5.32 Å². The number of fused-ring (bicyclic) bond motifs is 1.